The Morgan fingerprint density at radius 1 is 1.32 bits per heavy atom. The van der Waals surface area contributed by atoms with Gasteiger partial charge in [-0.3, -0.25) is 9.89 Å². The first-order valence-electron chi connectivity index (χ1n) is 8.46. The summed E-state index contributed by atoms with van der Waals surface area (Å²) in [5, 5.41) is 5.40. The number of aryl methyl sites for hydroxylation is 2. The lowest BCUT2D eigenvalue weighted by atomic mass is 10.1. The van der Waals surface area contributed by atoms with Crippen LogP contribution in [0.3, 0.4) is 0 Å². The Morgan fingerprint density at radius 2 is 2.04 bits per heavy atom. The Hall–Kier alpha value is -1.12. The summed E-state index contributed by atoms with van der Waals surface area (Å²) in [7, 11) is 0. The van der Waals surface area contributed by atoms with Gasteiger partial charge in [0.25, 0.3) is 0 Å². The zero-order chi connectivity index (χ0) is 17.1. The number of thiophene rings is 1. The minimum atomic E-state index is 0. The molecule has 1 aromatic carbocycles. The lowest BCUT2D eigenvalue weighted by Gasteiger charge is -2.31. The van der Waals surface area contributed by atoms with E-state index in [4.69, 9.17) is 5.73 Å². The number of rotatable bonds is 4. The molecule has 0 saturated carbocycles. The third-order valence-corrected chi connectivity index (χ3v) is 5.50. The summed E-state index contributed by atoms with van der Waals surface area (Å²) in [5.74, 6) is 0.486. The second-order valence-electron chi connectivity index (χ2n) is 6.67. The summed E-state index contributed by atoms with van der Waals surface area (Å²) in [6.07, 6.45) is 1.15. The maximum absolute atomic E-state index is 6.07. The second kappa shape index (κ2) is 9.00. The van der Waals surface area contributed by atoms with E-state index in [9.17, 15) is 0 Å². The van der Waals surface area contributed by atoms with Gasteiger partial charge in [-0.25, -0.2) is 0 Å². The third-order valence-electron chi connectivity index (χ3n) is 4.48. The van der Waals surface area contributed by atoms with E-state index in [1.54, 1.807) is 0 Å². The van der Waals surface area contributed by atoms with Crippen LogP contribution in [-0.2, 0) is 13.0 Å². The largest absolute Gasteiger partial charge is 0.370 e. The topological polar surface area (TPSA) is 53.6 Å². The van der Waals surface area contributed by atoms with Crippen molar-refractivity contribution in [3.8, 4) is 0 Å². The van der Waals surface area contributed by atoms with Crippen LogP contribution in [0.15, 0.2) is 34.6 Å². The molecule has 0 aliphatic carbocycles. The van der Waals surface area contributed by atoms with Crippen LogP contribution in [0, 0.1) is 13.8 Å². The smallest absolute Gasteiger partial charge is 0.193 e. The van der Waals surface area contributed by atoms with Gasteiger partial charge in [-0.05, 0) is 67.5 Å². The molecule has 1 aromatic heterocycles. The minimum absolute atomic E-state index is 0. The predicted molar refractivity (Wildman–Crippen MR) is 119 cm³/mol. The van der Waals surface area contributed by atoms with Crippen LogP contribution in [0.25, 0.3) is 0 Å². The number of hydrogen-bond acceptors (Lipinski definition) is 3. The lowest BCUT2D eigenvalue weighted by Crippen LogP contribution is -2.39. The van der Waals surface area contributed by atoms with Gasteiger partial charge in [-0.1, -0.05) is 6.07 Å². The summed E-state index contributed by atoms with van der Waals surface area (Å²) >= 11 is 1.88. The van der Waals surface area contributed by atoms with Gasteiger partial charge in [0.2, 0.25) is 0 Å². The van der Waals surface area contributed by atoms with E-state index >= 15 is 0 Å². The van der Waals surface area contributed by atoms with Gasteiger partial charge in [0, 0.05) is 29.7 Å². The van der Waals surface area contributed by atoms with E-state index < -0.39 is 0 Å². The van der Waals surface area contributed by atoms with Gasteiger partial charge in [-0.15, -0.1) is 35.3 Å². The molecule has 0 spiro atoms. The number of nitrogens with zero attached hydrogens (tertiary/aromatic N) is 2. The molecule has 1 aliphatic heterocycles. The van der Waals surface area contributed by atoms with E-state index in [2.05, 4.69) is 65.6 Å². The van der Waals surface area contributed by atoms with Crippen LogP contribution in [0.4, 0.5) is 5.69 Å². The Kier molecular flexibility index (Phi) is 7.27. The van der Waals surface area contributed by atoms with Crippen LogP contribution in [-0.4, -0.2) is 30.0 Å². The van der Waals surface area contributed by atoms with E-state index in [1.807, 2.05) is 11.3 Å². The molecule has 4 nitrogen and oxygen atoms in total. The van der Waals surface area contributed by atoms with Crippen molar-refractivity contribution in [1.29, 1.82) is 0 Å². The first-order valence-corrected chi connectivity index (χ1v) is 9.34. The van der Waals surface area contributed by atoms with Gasteiger partial charge >= 0.3 is 0 Å². The number of anilines is 1. The normalized spacial score (nSPS) is 16.0. The Morgan fingerprint density at radius 3 is 2.76 bits per heavy atom. The lowest BCUT2D eigenvalue weighted by molar-refractivity contribution is 0.197. The molecule has 25 heavy (non-hydrogen) atoms. The summed E-state index contributed by atoms with van der Waals surface area (Å²) in [5.41, 5.74) is 11.0. The zero-order valence-corrected chi connectivity index (χ0v) is 18.2. The molecule has 0 amide bonds. The van der Waals surface area contributed by atoms with Crippen molar-refractivity contribution in [2.24, 2.45) is 10.7 Å². The van der Waals surface area contributed by atoms with E-state index in [1.165, 1.54) is 21.6 Å². The number of hydrogen-bond donors (Lipinski definition) is 2. The van der Waals surface area contributed by atoms with Gasteiger partial charge in [-0.2, -0.15) is 0 Å². The highest BCUT2D eigenvalue weighted by Crippen LogP contribution is 2.25. The molecule has 0 bridgehead atoms. The highest BCUT2D eigenvalue weighted by Gasteiger charge is 2.21. The number of halogens is 1. The van der Waals surface area contributed by atoms with E-state index in [-0.39, 0.29) is 24.0 Å². The van der Waals surface area contributed by atoms with Crippen LogP contribution < -0.4 is 11.1 Å². The highest BCUT2D eigenvalue weighted by molar-refractivity contribution is 14.0. The number of nitrogens with two attached hydrogens (primary N) is 1. The van der Waals surface area contributed by atoms with Gasteiger partial charge in [0.1, 0.15) is 0 Å². The molecule has 2 aromatic rings. The maximum atomic E-state index is 6.07. The molecule has 0 radical (unpaired) electrons. The third kappa shape index (κ3) is 5.43. The molecule has 1 aliphatic rings. The van der Waals surface area contributed by atoms with Crippen molar-refractivity contribution in [2.45, 2.75) is 39.8 Å². The molecule has 136 valence electrons. The van der Waals surface area contributed by atoms with Crippen molar-refractivity contribution in [2.75, 3.05) is 18.4 Å². The Labute approximate surface area is 171 Å². The van der Waals surface area contributed by atoms with Gasteiger partial charge < -0.3 is 11.1 Å². The molecule has 1 atom stereocenters. The van der Waals surface area contributed by atoms with Crippen molar-refractivity contribution in [3.05, 3.63) is 51.2 Å². The highest BCUT2D eigenvalue weighted by atomic mass is 127. The summed E-state index contributed by atoms with van der Waals surface area (Å²) in [6, 6.07) is 8.95. The minimum Gasteiger partial charge on any atom is -0.370 e. The number of fused-ring (bicyclic) bond motifs is 1. The maximum Gasteiger partial charge on any atom is 0.193 e. The first-order chi connectivity index (χ1) is 11.5. The number of aliphatic imine (C=N–C) groups is 1. The van der Waals surface area contributed by atoms with Crippen molar-refractivity contribution in [1.82, 2.24) is 4.90 Å². The monoisotopic (exact) mass is 470 g/mol. The summed E-state index contributed by atoms with van der Waals surface area (Å²) in [4.78, 5) is 8.57. The molecular formula is C19H27IN4S. The van der Waals surface area contributed by atoms with E-state index in [0.717, 1.165) is 25.2 Å². The van der Waals surface area contributed by atoms with Crippen LogP contribution in [0.1, 0.15) is 28.5 Å². The fourth-order valence-electron chi connectivity index (χ4n) is 3.23. The number of nitrogens with one attached hydrogen (secondary N) is 1. The van der Waals surface area contributed by atoms with Crippen LogP contribution >= 0.6 is 35.3 Å². The molecular weight excluding hydrogens is 443 g/mol. The number of benzene rings is 1. The quantitative estimate of drug-likeness (QED) is 0.401. The van der Waals surface area contributed by atoms with Crippen LogP contribution in [0.2, 0.25) is 0 Å². The van der Waals surface area contributed by atoms with Crippen molar-refractivity contribution < 1.29 is 0 Å². The van der Waals surface area contributed by atoms with Crippen molar-refractivity contribution in [3.63, 3.8) is 0 Å². The SMILES string of the molecule is Cc1cc(C)cc(NC(N)=NCC(C)N2CCc3sccc3C2)c1.I. The molecule has 1 unspecified atom stereocenters. The first kappa shape index (κ1) is 20.2. The van der Waals surface area contributed by atoms with E-state index in [0.29, 0.717) is 18.5 Å². The molecule has 0 saturated heterocycles. The Balaban J connectivity index is 0.00000225. The van der Waals surface area contributed by atoms with Gasteiger partial charge in [0.05, 0.1) is 6.54 Å². The molecule has 3 rings (SSSR count). The standard InChI is InChI=1S/C19H26N4S.HI/c1-13-8-14(2)10-17(9-13)22-19(20)21-11-15(3)23-6-4-18-16(12-23)5-7-24-18;/h5,7-10,15H,4,6,11-12H2,1-3H3,(H3,20,21,22);1H. The number of guanidine groups is 1. The summed E-state index contributed by atoms with van der Waals surface area (Å²) in [6.45, 7) is 9.24. The predicted octanol–water partition coefficient (Wildman–Crippen LogP) is 4.16. The fraction of sp³-hybridized carbons (Fsp3) is 0.421. The molecule has 2 heterocycles. The van der Waals surface area contributed by atoms with Crippen molar-refractivity contribution >= 4 is 47.0 Å². The van der Waals surface area contributed by atoms with Crippen LogP contribution in [0.5, 0.6) is 0 Å². The average Bonchev–Trinajstić information content (AvgIpc) is 2.99. The zero-order valence-electron chi connectivity index (χ0n) is 15.1. The Bertz CT molecular complexity index is 721. The molecule has 0 fully saturated rings. The second-order valence-corrected chi connectivity index (χ2v) is 7.67. The molecule has 3 N–H and O–H groups in total. The average molecular weight is 470 g/mol. The summed E-state index contributed by atoms with van der Waals surface area (Å²) < 4.78 is 0. The molecule has 6 heteroatoms. The fourth-order valence-corrected chi connectivity index (χ4v) is 4.12. The van der Waals surface area contributed by atoms with Gasteiger partial charge in [0.15, 0.2) is 5.96 Å².